The van der Waals surface area contributed by atoms with Gasteiger partial charge in [0, 0.05) is 26.1 Å². The highest BCUT2D eigenvalue weighted by Gasteiger charge is 2.48. The molecule has 2 fully saturated rings. The van der Waals surface area contributed by atoms with Crippen LogP contribution in [0.3, 0.4) is 0 Å². The van der Waals surface area contributed by atoms with Gasteiger partial charge in [0.1, 0.15) is 11.6 Å². The maximum absolute atomic E-state index is 13.3. The number of piperidine rings is 1. The van der Waals surface area contributed by atoms with E-state index >= 15 is 0 Å². The topological polar surface area (TPSA) is 162 Å². The second-order valence-corrected chi connectivity index (χ2v) is 9.97. The molecule has 0 radical (unpaired) electrons. The first kappa shape index (κ1) is 27.4. The average Bonchev–Trinajstić information content (AvgIpc) is 3.15. The first-order chi connectivity index (χ1) is 18.1. The molecule has 204 valence electrons. The van der Waals surface area contributed by atoms with Gasteiger partial charge < -0.3 is 20.5 Å². The Morgan fingerprint density at radius 1 is 1.18 bits per heavy atom. The summed E-state index contributed by atoms with van der Waals surface area (Å²) in [6.07, 6.45) is -0.346. The summed E-state index contributed by atoms with van der Waals surface area (Å²) in [6, 6.07) is 5.07. The fourth-order valence-corrected chi connectivity index (χ4v) is 5.17. The predicted molar refractivity (Wildman–Crippen MR) is 132 cm³/mol. The van der Waals surface area contributed by atoms with Crippen LogP contribution < -0.4 is 10.6 Å². The summed E-state index contributed by atoms with van der Waals surface area (Å²) in [5.41, 5.74) is -1.40. The lowest BCUT2D eigenvalue weighted by atomic mass is 9.92. The summed E-state index contributed by atoms with van der Waals surface area (Å²) in [7, 11) is 0. The van der Waals surface area contributed by atoms with Crippen LogP contribution in [0.1, 0.15) is 60.2 Å². The third kappa shape index (κ3) is 5.05. The smallest absolute Gasteiger partial charge is 0.329 e. The molecular weight excluding hydrogens is 496 g/mol. The van der Waals surface area contributed by atoms with Crippen molar-refractivity contribution in [2.24, 2.45) is 5.92 Å². The number of carbonyl (C=O) groups is 6. The zero-order valence-electron chi connectivity index (χ0n) is 21.4. The van der Waals surface area contributed by atoms with Crippen molar-refractivity contribution in [3.8, 4) is 0 Å². The van der Waals surface area contributed by atoms with E-state index in [9.17, 15) is 33.9 Å². The van der Waals surface area contributed by atoms with E-state index in [4.69, 9.17) is 4.74 Å². The number of ether oxygens (including phenoxy) is 1. The van der Waals surface area contributed by atoms with E-state index in [1.807, 2.05) is 6.92 Å². The van der Waals surface area contributed by atoms with Crippen LogP contribution in [0.5, 0.6) is 0 Å². The number of hydrogen-bond acceptors (Lipinski definition) is 8. The molecule has 0 bridgehead atoms. The molecule has 1 aromatic carbocycles. The van der Waals surface area contributed by atoms with Crippen molar-refractivity contribution in [1.29, 1.82) is 0 Å². The summed E-state index contributed by atoms with van der Waals surface area (Å²) >= 11 is 0. The zero-order valence-corrected chi connectivity index (χ0v) is 21.4. The molecule has 3 heterocycles. The van der Waals surface area contributed by atoms with Gasteiger partial charge in [-0.2, -0.15) is 0 Å². The molecule has 2 unspecified atom stereocenters. The van der Waals surface area contributed by atoms with E-state index in [-0.39, 0.29) is 36.9 Å². The van der Waals surface area contributed by atoms with Gasteiger partial charge in [0.2, 0.25) is 11.8 Å². The number of likely N-dealkylation sites (tertiary alicyclic amines) is 1. The van der Waals surface area contributed by atoms with Crippen LogP contribution in [0.4, 0.5) is 0 Å². The number of rotatable bonds is 9. The Morgan fingerprint density at radius 2 is 1.84 bits per heavy atom. The van der Waals surface area contributed by atoms with E-state index in [0.29, 0.717) is 26.1 Å². The fraction of sp³-hybridized carbons (Fsp3) is 0.538. The van der Waals surface area contributed by atoms with Gasteiger partial charge in [-0.15, -0.1) is 0 Å². The van der Waals surface area contributed by atoms with Gasteiger partial charge in [0.05, 0.1) is 29.8 Å². The van der Waals surface area contributed by atoms with Gasteiger partial charge in [0.25, 0.3) is 17.7 Å². The number of nitrogens with one attached hydrogen (secondary N) is 2. The zero-order chi connectivity index (χ0) is 27.6. The highest BCUT2D eigenvalue weighted by Crippen LogP contribution is 2.29. The van der Waals surface area contributed by atoms with Crippen molar-refractivity contribution in [2.45, 2.75) is 57.2 Å². The Kier molecular flexibility index (Phi) is 7.93. The SMILES string of the molecule is CCC(C(=O)N[C@@](C)(CCN1C(=O)CCC(N2C(=O)c3ccccc3C2=O)C1=O)C(=O)O)[C@H]1CNCCO1. The van der Waals surface area contributed by atoms with E-state index < -0.39 is 59.1 Å². The molecule has 3 aliphatic heterocycles. The summed E-state index contributed by atoms with van der Waals surface area (Å²) in [5.74, 6) is -4.89. The predicted octanol–water partition coefficient (Wildman–Crippen LogP) is 0.164. The Bertz CT molecular complexity index is 1130. The Hall–Kier alpha value is -3.64. The molecular formula is C26H32N4O8. The molecule has 3 aliphatic rings. The molecule has 0 aromatic heterocycles. The molecule has 38 heavy (non-hydrogen) atoms. The number of fused-ring (bicyclic) bond motifs is 1. The van der Waals surface area contributed by atoms with Crippen molar-refractivity contribution in [2.75, 3.05) is 26.2 Å². The van der Waals surface area contributed by atoms with Gasteiger partial charge in [-0.25, -0.2) is 4.79 Å². The van der Waals surface area contributed by atoms with Crippen LogP contribution in [0.15, 0.2) is 24.3 Å². The monoisotopic (exact) mass is 528 g/mol. The van der Waals surface area contributed by atoms with Crippen LogP contribution in [0.2, 0.25) is 0 Å². The molecule has 12 nitrogen and oxygen atoms in total. The van der Waals surface area contributed by atoms with E-state index in [2.05, 4.69) is 10.6 Å². The number of aliphatic carboxylic acids is 1. The second-order valence-electron chi connectivity index (χ2n) is 9.97. The molecule has 2 saturated heterocycles. The van der Waals surface area contributed by atoms with E-state index in [1.165, 1.54) is 19.1 Å². The molecule has 5 amide bonds. The van der Waals surface area contributed by atoms with Crippen LogP contribution in [-0.4, -0.2) is 94.3 Å². The minimum Gasteiger partial charge on any atom is -0.480 e. The normalized spacial score (nSPS) is 24.2. The summed E-state index contributed by atoms with van der Waals surface area (Å²) < 4.78 is 5.68. The number of morpholine rings is 1. The third-order valence-electron chi connectivity index (χ3n) is 7.51. The van der Waals surface area contributed by atoms with Crippen LogP contribution >= 0.6 is 0 Å². The molecule has 12 heteroatoms. The number of carbonyl (C=O) groups excluding carboxylic acids is 5. The standard InChI is InChI=1S/C26H32N4O8/c1-3-15(19-14-27-11-13-38-19)21(32)28-26(2,25(36)37)10-12-29-20(31)9-8-18(24(29)35)30-22(33)16-6-4-5-7-17(16)23(30)34/h4-7,15,18-19,27H,3,8-14H2,1-2H3,(H,28,32)(H,36,37)/t15?,18?,19-,26+/m1/s1. The van der Waals surface area contributed by atoms with Gasteiger partial charge in [-0.3, -0.25) is 33.8 Å². The van der Waals surface area contributed by atoms with Crippen LogP contribution in [0.25, 0.3) is 0 Å². The highest BCUT2D eigenvalue weighted by molar-refractivity contribution is 6.23. The summed E-state index contributed by atoms with van der Waals surface area (Å²) in [5, 5.41) is 15.7. The minimum atomic E-state index is -1.78. The molecule has 0 spiro atoms. The molecule has 0 saturated carbocycles. The van der Waals surface area contributed by atoms with Crippen molar-refractivity contribution in [3.63, 3.8) is 0 Å². The Morgan fingerprint density at radius 3 is 2.39 bits per heavy atom. The van der Waals surface area contributed by atoms with E-state index in [1.54, 1.807) is 12.1 Å². The summed E-state index contributed by atoms with van der Waals surface area (Å²) in [6.45, 7) is 4.40. The second kappa shape index (κ2) is 11.0. The Labute approximate surface area is 219 Å². The summed E-state index contributed by atoms with van der Waals surface area (Å²) in [4.78, 5) is 78.9. The van der Waals surface area contributed by atoms with Crippen molar-refractivity contribution < 1.29 is 38.6 Å². The number of carboxylic acids is 1. The van der Waals surface area contributed by atoms with Crippen molar-refractivity contribution >= 4 is 35.5 Å². The molecule has 4 rings (SSSR count). The molecule has 3 N–H and O–H groups in total. The van der Waals surface area contributed by atoms with Gasteiger partial charge in [-0.05, 0) is 38.3 Å². The first-order valence-corrected chi connectivity index (χ1v) is 12.8. The third-order valence-corrected chi connectivity index (χ3v) is 7.51. The number of amides is 5. The number of nitrogens with zero attached hydrogens (tertiary/aromatic N) is 2. The maximum atomic E-state index is 13.3. The first-order valence-electron chi connectivity index (χ1n) is 12.8. The van der Waals surface area contributed by atoms with Crippen LogP contribution in [-0.2, 0) is 23.9 Å². The fourth-order valence-electron chi connectivity index (χ4n) is 5.17. The quantitative estimate of drug-likeness (QED) is 0.379. The van der Waals surface area contributed by atoms with Crippen molar-refractivity contribution in [3.05, 3.63) is 35.4 Å². The lowest BCUT2D eigenvalue weighted by Crippen LogP contribution is -2.60. The largest absolute Gasteiger partial charge is 0.480 e. The molecule has 0 aliphatic carbocycles. The lowest BCUT2D eigenvalue weighted by molar-refractivity contribution is -0.154. The maximum Gasteiger partial charge on any atom is 0.329 e. The molecule has 4 atom stereocenters. The average molecular weight is 529 g/mol. The van der Waals surface area contributed by atoms with E-state index in [0.717, 1.165) is 9.80 Å². The highest BCUT2D eigenvalue weighted by atomic mass is 16.5. The number of hydrogen-bond donors (Lipinski definition) is 3. The number of carboxylic acid groups (broad SMARTS) is 1. The van der Waals surface area contributed by atoms with Crippen LogP contribution in [0, 0.1) is 5.92 Å². The van der Waals surface area contributed by atoms with Gasteiger partial charge >= 0.3 is 5.97 Å². The Balaban J connectivity index is 1.46. The minimum absolute atomic E-state index is 0.0137. The number of benzene rings is 1. The molecule has 1 aromatic rings. The van der Waals surface area contributed by atoms with Gasteiger partial charge in [0.15, 0.2) is 0 Å². The van der Waals surface area contributed by atoms with Gasteiger partial charge in [-0.1, -0.05) is 19.1 Å². The lowest BCUT2D eigenvalue weighted by Gasteiger charge is -2.37. The number of imide groups is 2. The van der Waals surface area contributed by atoms with Crippen molar-refractivity contribution in [1.82, 2.24) is 20.4 Å².